The topological polar surface area (TPSA) is 89.0 Å². The number of fused-ring (bicyclic) bond motifs is 1. The van der Waals surface area contributed by atoms with Crippen LogP contribution in [0.25, 0.3) is 16.0 Å². The zero-order chi connectivity index (χ0) is 26.3. The largest absolute Gasteiger partial charge is 0.507 e. The zero-order valence-electron chi connectivity index (χ0n) is 20.9. The monoisotopic (exact) mass is 514 g/mol. The number of hydrogen-bond acceptors (Lipinski definition) is 7. The Labute approximate surface area is 218 Å². The van der Waals surface area contributed by atoms with E-state index < -0.39 is 17.7 Å². The normalized spacial score (nSPS) is 17.0. The second kappa shape index (κ2) is 9.71. The van der Waals surface area contributed by atoms with Crippen LogP contribution < -0.4 is 14.4 Å². The van der Waals surface area contributed by atoms with E-state index in [1.165, 1.54) is 30.5 Å². The number of carbonyl (C=O) groups is 2. The van der Waals surface area contributed by atoms with Gasteiger partial charge in [0.1, 0.15) is 5.76 Å². The van der Waals surface area contributed by atoms with E-state index >= 15 is 0 Å². The lowest BCUT2D eigenvalue weighted by Gasteiger charge is -2.23. The number of benzene rings is 3. The summed E-state index contributed by atoms with van der Waals surface area (Å²) in [6.07, 6.45) is 0.871. The second-order valence-electron chi connectivity index (χ2n) is 8.80. The van der Waals surface area contributed by atoms with Crippen LogP contribution in [0.2, 0.25) is 0 Å². The first-order chi connectivity index (χ1) is 17.9. The first-order valence-corrected chi connectivity index (χ1v) is 12.7. The standard InChI is InChI=1S/C29H26N2O5S/c1-5-17-8-12-20-23(14-17)37-29(30-20)31-25(19-11-13-21(35-3)22(15-19)36-4)24(27(33)28(31)34)26(32)18-9-6-16(2)7-10-18/h6-15,25,32H,5H2,1-4H3/t25-/m0/s1. The van der Waals surface area contributed by atoms with E-state index in [2.05, 4.69) is 6.92 Å². The van der Waals surface area contributed by atoms with Crippen LogP contribution in [0.3, 0.4) is 0 Å². The van der Waals surface area contributed by atoms with Crippen LogP contribution in [0.15, 0.2) is 66.2 Å². The molecule has 0 spiro atoms. The van der Waals surface area contributed by atoms with Crippen molar-refractivity contribution in [1.82, 2.24) is 4.98 Å². The molecule has 1 saturated heterocycles. The first kappa shape index (κ1) is 24.5. The minimum atomic E-state index is -0.910. The van der Waals surface area contributed by atoms with Crippen LogP contribution in [-0.2, 0) is 16.0 Å². The number of Topliss-reactive ketones (excluding diaryl/α,β-unsaturated/α-hetero) is 1. The average molecular weight is 515 g/mol. The lowest BCUT2D eigenvalue weighted by molar-refractivity contribution is -0.132. The second-order valence-corrected chi connectivity index (χ2v) is 9.81. The van der Waals surface area contributed by atoms with Gasteiger partial charge in [-0.1, -0.05) is 60.2 Å². The van der Waals surface area contributed by atoms with Crippen molar-refractivity contribution in [2.24, 2.45) is 0 Å². The molecule has 1 aliphatic heterocycles. The number of methoxy groups -OCH3 is 2. The molecule has 1 fully saturated rings. The molecule has 0 aliphatic carbocycles. The van der Waals surface area contributed by atoms with Crippen molar-refractivity contribution in [2.75, 3.05) is 19.1 Å². The van der Waals surface area contributed by atoms with E-state index in [4.69, 9.17) is 14.5 Å². The number of hydrogen-bond donors (Lipinski definition) is 1. The third kappa shape index (κ3) is 4.23. The van der Waals surface area contributed by atoms with Gasteiger partial charge in [-0.3, -0.25) is 14.5 Å². The van der Waals surface area contributed by atoms with Crippen molar-refractivity contribution in [3.8, 4) is 11.5 Å². The molecule has 2 heterocycles. The molecule has 5 rings (SSSR count). The van der Waals surface area contributed by atoms with Crippen molar-refractivity contribution in [2.45, 2.75) is 26.3 Å². The summed E-state index contributed by atoms with van der Waals surface area (Å²) in [5, 5.41) is 11.7. The molecular weight excluding hydrogens is 488 g/mol. The highest BCUT2D eigenvalue weighted by Gasteiger charge is 2.48. The van der Waals surface area contributed by atoms with Crippen LogP contribution >= 0.6 is 11.3 Å². The molecular formula is C29H26N2O5S. The Kier molecular flexibility index (Phi) is 6.43. The number of thiazole rings is 1. The molecule has 8 heteroatoms. The van der Waals surface area contributed by atoms with Crippen LogP contribution in [0.1, 0.15) is 35.2 Å². The minimum Gasteiger partial charge on any atom is -0.507 e. The van der Waals surface area contributed by atoms with Gasteiger partial charge in [-0.2, -0.15) is 0 Å². The van der Waals surface area contributed by atoms with Crippen molar-refractivity contribution < 1.29 is 24.2 Å². The lowest BCUT2D eigenvalue weighted by Crippen LogP contribution is -2.29. The maximum Gasteiger partial charge on any atom is 0.301 e. The molecule has 1 amide bonds. The quantitative estimate of drug-likeness (QED) is 0.198. The van der Waals surface area contributed by atoms with Gasteiger partial charge in [0.15, 0.2) is 16.6 Å². The summed E-state index contributed by atoms with van der Waals surface area (Å²) in [5.74, 6) is -0.809. The number of amides is 1. The molecule has 0 bridgehead atoms. The van der Waals surface area contributed by atoms with Gasteiger partial charge in [0.05, 0.1) is 36.1 Å². The predicted molar refractivity (Wildman–Crippen MR) is 145 cm³/mol. The number of aryl methyl sites for hydroxylation is 2. The molecule has 0 unspecified atom stereocenters. The van der Waals surface area contributed by atoms with E-state index in [1.807, 2.05) is 37.3 Å². The first-order valence-electron chi connectivity index (χ1n) is 11.9. The highest BCUT2D eigenvalue weighted by molar-refractivity contribution is 7.22. The summed E-state index contributed by atoms with van der Waals surface area (Å²) in [4.78, 5) is 33.0. The summed E-state index contributed by atoms with van der Waals surface area (Å²) in [5.41, 5.74) is 3.93. The zero-order valence-corrected chi connectivity index (χ0v) is 21.8. The molecule has 0 saturated carbocycles. The van der Waals surface area contributed by atoms with Crippen LogP contribution in [0.4, 0.5) is 5.13 Å². The molecule has 1 N–H and O–H groups in total. The Hall–Kier alpha value is -4.17. The van der Waals surface area contributed by atoms with Gasteiger partial charge < -0.3 is 14.6 Å². The maximum absolute atomic E-state index is 13.5. The van der Waals surface area contributed by atoms with E-state index in [-0.39, 0.29) is 11.3 Å². The SMILES string of the molecule is CCc1ccc2nc(N3C(=O)C(=O)C(=C(O)c4ccc(C)cc4)[C@@H]3c3ccc(OC)c(OC)c3)sc2c1. The van der Waals surface area contributed by atoms with Crippen molar-refractivity contribution in [1.29, 1.82) is 0 Å². The van der Waals surface area contributed by atoms with Crippen molar-refractivity contribution >= 4 is 44.1 Å². The Bertz CT molecular complexity index is 1550. The van der Waals surface area contributed by atoms with Gasteiger partial charge in [-0.15, -0.1) is 0 Å². The van der Waals surface area contributed by atoms with E-state index in [0.29, 0.717) is 27.8 Å². The molecule has 1 atom stereocenters. The third-order valence-electron chi connectivity index (χ3n) is 6.55. The molecule has 1 aromatic heterocycles. The Morgan fingerprint density at radius 3 is 2.41 bits per heavy atom. The van der Waals surface area contributed by atoms with Crippen LogP contribution in [0, 0.1) is 6.92 Å². The maximum atomic E-state index is 13.5. The fourth-order valence-corrected chi connectivity index (χ4v) is 5.57. The van der Waals surface area contributed by atoms with Gasteiger partial charge in [0.2, 0.25) is 0 Å². The number of anilines is 1. The minimum absolute atomic E-state index is 0.00502. The fourth-order valence-electron chi connectivity index (χ4n) is 4.51. The fraction of sp³-hybridized carbons (Fsp3) is 0.207. The number of aliphatic hydroxyl groups is 1. The molecule has 0 radical (unpaired) electrons. The molecule has 1 aliphatic rings. The number of nitrogens with zero attached hydrogens (tertiary/aromatic N) is 2. The molecule has 188 valence electrons. The number of rotatable bonds is 6. The van der Waals surface area contributed by atoms with E-state index in [1.54, 1.807) is 30.3 Å². The van der Waals surface area contributed by atoms with Gasteiger partial charge in [-0.05, 0) is 48.7 Å². The van der Waals surface area contributed by atoms with Crippen molar-refractivity contribution in [3.63, 3.8) is 0 Å². The molecule has 7 nitrogen and oxygen atoms in total. The van der Waals surface area contributed by atoms with Crippen LogP contribution in [-0.4, -0.2) is 36.0 Å². The Morgan fingerprint density at radius 1 is 1.00 bits per heavy atom. The smallest absolute Gasteiger partial charge is 0.301 e. The van der Waals surface area contributed by atoms with Gasteiger partial charge >= 0.3 is 5.91 Å². The third-order valence-corrected chi connectivity index (χ3v) is 7.57. The summed E-state index contributed by atoms with van der Waals surface area (Å²) >= 11 is 1.34. The number of ketones is 1. The van der Waals surface area contributed by atoms with Crippen LogP contribution in [0.5, 0.6) is 11.5 Å². The highest BCUT2D eigenvalue weighted by Crippen LogP contribution is 2.45. The molecule has 4 aromatic rings. The van der Waals surface area contributed by atoms with E-state index in [0.717, 1.165) is 27.8 Å². The average Bonchev–Trinajstić information content (AvgIpc) is 3.45. The lowest BCUT2D eigenvalue weighted by atomic mass is 9.95. The summed E-state index contributed by atoms with van der Waals surface area (Å²) in [6.45, 7) is 4.01. The van der Waals surface area contributed by atoms with Crippen molar-refractivity contribution in [3.05, 3.63) is 88.5 Å². The Balaban J connectivity index is 1.73. The number of aliphatic hydroxyl groups excluding tert-OH is 1. The van der Waals surface area contributed by atoms with Gasteiger partial charge in [-0.25, -0.2) is 4.98 Å². The highest BCUT2D eigenvalue weighted by atomic mass is 32.1. The summed E-state index contributed by atoms with van der Waals surface area (Å²) in [7, 11) is 3.05. The number of ether oxygens (including phenoxy) is 2. The summed E-state index contributed by atoms with van der Waals surface area (Å²) in [6, 6.07) is 17.4. The van der Waals surface area contributed by atoms with E-state index in [9.17, 15) is 14.7 Å². The molecule has 3 aromatic carbocycles. The predicted octanol–water partition coefficient (Wildman–Crippen LogP) is 5.81. The van der Waals surface area contributed by atoms with Gasteiger partial charge in [0.25, 0.3) is 5.78 Å². The van der Waals surface area contributed by atoms with Gasteiger partial charge in [0, 0.05) is 5.56 Å². The Morgan fingerprint density at radius 2 is 1.73 bits per heavy atom. The summed E-state index contributed by atoms with van der Waals surface area (Å²) < 4.78 is 11.8. The number of aromatic nitrogens is 1. The number of carbonyl (C=O) groups excluding carboxylic acids is 2. The molecule has 37 heavy (non-hydrogen) atoms.